The van der Waals surface area contributed by atoms with Crippen molar-refractivity contribution in [3.63, 3.8) is 0 Å². The van der Waals surface area contributed by atoms with Gasteiger partial charge in [-0.15, -0.1) is 0 Å². The SMILES string of the molecule is O.[Li+].[Li+].[O]=[Cr](=[O])([O-])[O-]. The summed E-state index contributed by atoms with van der Waals surface area (Å²) >= 11 is -5.75. The van der Waals surface area contributed by atoms with Gasteiger partial charge in [-0.2, -0.15) is 0 Å². The molecular formula is H2CrLi2O5. The Bertz CT molecular complexity index is 93.6. The van der Waals surface area contributed by atoms with Gasteiger partial charge in [0.2, 0.25) is 0 Å². The molecule has 0 aromatic heterocycles. The van der Waals surface area contributed by atoms with Gasteiger partial charge in [-0.1, -0.05) is 0 Å². The van der Waals surface area contributed by atoms with Gasteiger partial charge < -0.3 is 5.48 Å². The second kappa shape index (κ2) is 8.21. The molecule has 0 atom stereocenters. The molecule has 0 fully saturated rings. The molecule has 0 aromatic rings. The van der Waals surface area contributed by atoms with Crippen LogP contribution in [0.3, 0.4) is 0 Å². The minimum absolute atomic E-state index is 0. The molecule has 5 nitrogen and oxygen atoms in total. The molecule has 8 heteroatoms. The molecule has 0 rings (SSSR count). The normalized spacial score (nSPS) is 7.25. The molecule has 0 aliphatic heterocycles. The van der Waals surface area contributed by atoms with E-state index < -0.39 is 13.6 Å². The van der Waals surface area contributed by atoms with Gasteiger partial charge in [0, 0.05) is 0 Å². The van der Waals surface area contributed by atoms with Crippen LogP contribution in [0.5, 0.6) is 0 Å². The van der Waals surface area contributed by atoms with Crippen LogP contribution in [0.1, 0.15) is 0 Å². The minimum atomic E-state index is -5.75. The van der Waals surface area contributed by atoms with Crippen molar-refractivity contribution in [1.29, 1.82) is 0 Å². The van der Waals surface area contributed by atoms with E-state index in [9.17, 15) is 0 Å². The van der Waals surface area contributed by atoms with Crippen LogP contribution in [0.15, 0.2) is 0 Å². The monoisotopic (exact) mass is 148 g/mol. The van der Waals surface area contributed by atoms with Crippen molar-refractivity contribution in [2.45, 2.75) is 0 Å². The van der Waals surface area contributed by atoms with Crippen molar-refractivity contribution in [3.05, 3.63) is 0 Å². The predicted octanol–water partition coefficient (Wildman–Crippen LogP) is -9.43. The van der Waals surface area contributed by atoms with Crippen LogP contribution in [0.2, 0.25) is 0 Å². The fourth-order valence-corrected chi connectivity index (χ4v) is 0. The zero-order valence-corrected chi connectivity index (χ0v) is 5.82. The van der Waals surface area contributed by atoms with Gasteiger partial charge in [0.25, 0.3) is 0 Å². The second-order valence-electron chi connectivity index (χ2n) is 0.408. The Morgan fingerprint density at radius 1 is 1.00 bits per heavy atom. The Kier molecular flexibility index (Phi) is 23.5. The van der Waals surface area contributed by atoms with E-state index in [4.69, 9.17) is 15.9 Å². The van der Waals surface area contributed by atoms with Gasteiger partial charge in [0.1, 0.15) is 0 Å². The quantitative estimate of drug-likeness (QED) is 0.317. The molecule has 0 amide bonds. The van der Waals surface area contributed by atoms with Gasteiger partial charge in [-0.25, -0.2) is 0 Å². The number of rotatable bonds is 0. The third-order valence-corrected chi connectivity index (χ3v) is 0. The zero-order valence-electron chi connectivity index (χ0n) is 4.54. The van der Waals surface area contributed by atoms with E-state index in [2.05, 4.69) is 0 Å². The van der Waals surface area contributed by atoms with Crippen LogP contribution in [0.4, 0.5) is 0 Å². The summed E-state index contributed by atoms with van der Waals surface area (Å²) in [5.41, 5.74) is 0. The van der Waals surface area contributed by atoms with E-state index in [1.807, 2.05) is 0 Å². The van der Waals surface area contributed by atoms with Crippen LogP contribution in [-0.2, 0) is 21.2 Å². The van der Waals surface area contributed by atoms with Crippen molar-refractivity contribution in [3.8, 4) is 0 Å². The van der Waals surface area contributed by atoms with Crippen molar-refractivity contribution in [2.75, 3.05) is 0 Å². The molecule has 8 heavy (non-hydrogen) atoms. The topological polar surface area (TPSA) is 112 Å². The average Bonchev–Trinajstić information content (AvgIpc) is 0.722. The van der Waals surface area contributed by atoms with Crippen LogP contribution < -0.4 is 46.0 Å². The first kappa shape index (κ1) is 22.9. The third-order valence-electron chi connectivity index (χ3n) is 0. The van der Waals surface area contributed by atoms with Gasteiger partial charge in [-0.05, 0) is 0 Å². The van der Waals surface area contributed by atoms with Gasteiger partial charge in [0.15, 0.2) is 0 Å². The van der Waals surface area contributed by atoms with Gasteiger partial charge in [-0.3, -0.25) is 0 Å². The summed E-state index contributed by atoms with van der Waals surface area (Å²) < 4.78 is 34.4. The molecule has 0 saturated carbocycles. The second-order valence-corrected chi connectivity index (χ2v) is 1.68. The van der Waals surface area contributed by atoms with E-state index in [1.165, 1.54) is 0 Å². The standard InChI is InChI=1S/Cr.2Li.H2O.4O/h;;;1H2;;;;/q;2*+1;;;;2*-1. The molecule has 0 aromatic carbocycles. The molecule has 0 saturated heterocycles. The first-order valence-corrected chi connectivity index (χ1v) is 2.75. The fraction of sp³-hybridized carbons (Fsp3) is 0. The Balaban J connectivity index is -0.0000000267. The van der Waals surface area contributed by atoms with E-state index in [0.29, 0.717) is 0 Å². The molecule has 0 aliphatic rings. The van der Waals surface area contributed by atoms with E-state index in [-0.39, 0.29) is 43.2 Å². The Labute approximate surface area is 72.5 Å². The summed E-state index contributed by atoms with van der Waals surface area (Å²) in [5, 5.41) is 0. The molecule has 0 radical (unpaired) electrons. The first-order valence-electron chi connectivity index (χ1n) is 0.667. The molecule has 0 unspecified atom stereocenters. The van der Waals surface area contributed by atoms with E-state index in [1.54, 1.807) is 0 Å². The van der Waals surface area contributed by atoms with Crippen LogP contribution in [-0.4, -0.2) is 5.48 Å². The zero-order chi connectivity index (χ0) is 4.50. The van der Waals surface area contributed by atoms with Crippen molar-refractivity contribution < 1.29 is 72.7 Å². The Morgan fingerprint density at radius 3 is 1.00 bits per heavy atom. The molecule has 2 N–H and O–H groups in total. The summed E-state index contributed by atoms with van der Waals surface area (Å²) in [6, 6.07) is 0. The fourth-order valence-electron chi connectivity index (χ4n) is 0. The van der Waals surface area contributed by atoms with E-state index >= 15 is 0 Å². The molecule has 0 heterocycles. The van der Waals surface area contributed by atoms with Gasteiger partial charge >= 0.3 is 67.3 Å². The van der Waals surface area contributed by atoms with Crippen LogP contribution >= 0.6 is 0 Å². The van der Waals surface area contributed by atoms with E-state index in [0.717, 1.165) is 0 Å². The molecular weight excluding hydrogens is 146 g/mol. The molecule has 0 bridgehead atoms. The number of hydrogen-bond donors (Lipinski definition) is 0. The summed E-state index contributed by atoms with van der Waals surface area (Å²) in [6.07, 6.45) is 0. The summed E-state index contributed by atoms with van der Waals surface area (Å²) in [7, 11) is 0. The van der Waals surface area contributed by atoms with Crippen molar-refractivity contribution in [1.82, 2.24) is 0 Å². The van der Waals surface area contributed by atoms with Crippen molar-refractivity contribution in [2.24, 2.45) is 0 Å². The third kappa shape index (κ3) is 191. The average molecular weight is 148 g/mol. The Morgan fingerprint density at radius 2 is 1.00 bits per heavy atom. The number of hydrogen-bond acceptors (Lipinski definition) is 4. The van der Waals surface area contributed by atoms with Crippen LogP contribution in [0, 0.1) is 0 Å². The molecule has 0 aliphatic carbocycles. The summed E-state index contributed by atoms with van der Waals surface area (Å²) in [6.45, 7) is 0. The molecule has 40 valence electrons. The Hall–Kier alpha value is 1.21. The molecule has 0 spiro atoms. The maximum atomic E-state index is 8.59. The van der Waals surface area contributed by atoms with Crippen LogP contribution in [0.25, 0.3) is 0 Å². The summed E-state index contributed by atoms with van der Waals surface area (Å²) in [4.78, 5) is 0. The van der Waals surface area contributed by atoms with Gasteiger partial charge in [0.05, 0.1) is 0 Å². The summed E-state index contributed by atoms with van der Waals surface area (Å²) in [5.74, 6) is 0. The predicted molar refractivity (Wildman–Crippen MR) is 4.99 cm³/mol. The maximum absolute atomic E-state index is 8.59. The first-order chi connectivity index (χ1) is 2.00. The van der Waals surface area contributed by atoms with Crippen molar-refractivity contribution >= 4 is 0 Å².